The van der Waals surface area contributed by atoms with E-state index in [1.165, 1.54) is 18.2 Å². The summed E-state index contributed by atoms with van der Waals surface area (Å²) < 4.78 is 40.1. The quantitative estimate of drug-likeness (QED) is 0.591. The van der Waals surface area contributed by atoms with E-state index in [9.17, 15) is 13.2 Å². The van der Waals surface area contributed by atoms with E-state index in [-0.39, 0.29) is 28.9 Å². The third-order valence-corrected chi connectivity index (χ3v) is 6.11. The Bertz CT molecular complexity index is 1260. The van der Waals surface area contributed by atoms with Crippen molar-refractivity contribution < 1.29 is 27.4 Å². The minimum atomic E-state index is -3.55. The first-order valence-electron chi connectivity index (χ1n) is 9.22. The molecule has 4 rings (SSSR count). The summed E-state index contributed by atoms with van der Waals surface area (Å²) in [7, 11) is -3.55. The molecule has 0 saturated heterocycles. The second-order valence-electron chi connectivity index (χ2n) is 6.88. The summed E-state index contributed by atoms with van der Waals surface area (Å²) in [6.45, 7) is 0.475. The van der Waals surface area contributed by atoms with Gasteiger partial charge in [-0.05, 0) is 48.0 Å². The molecule has 0 bridgehead atoms. The number of halogens is 1. The number of nitrogens with one attached hydrogen (secondary N) is 1. The van der Waals surface area contributed by atoms with Gasteiger partial charge in [-0.25, -0.2) is 8.42 Å². The SMILES string of the molecule is CS(=O)(=O)c1cc(C(=O)Nc2cccc(COc3ccc4c(c3)OCO4)c2)ccc1Cl. The van der Waals surface area contributed by atoms with Gasteiger partial charge < -0.3 is 19.5 Å². The van der Waals surface area contributed by atoms with Gasteiger partial charge in [0.15, 0.2) is 21.3 Å². The second kappa shape index (κ2) is 8.49. The van der Waals surface area contributed by atoms with Crippen LogP contribution in [0, 0.1) is 0 Å². The van der Waals surface area contributed by atoms with Crippen LogP contribution in [0.2, 0.25) is 5.02 Å². The molecule has 0 saturated carbocycles. The van der Waals surface area contributed by atoms with E-state index in [1.807, 2.05) is 6.07 Å². The maximum absolute atomic E-state index is 12.6. The zero-order valence-corrected chi connectivity index (χ0v) is 18.0. The van der Waals surface area contributed by atoms with Crippen LogP contribution in [0.5, 0.6) is 17.2 Å². The Kier molecular flexibility index (Phi) is 5.75. The molecule has 0 spiro atoms. The topological polar surface area (TPSA) is 90.9 Å². The van der Waals surface area contributed by atoms with Crippen LogP contribution in [0.15, 0.2) is 65.6 Å². The van der Waals surface area contributed by atoms with Gasteiger partial charge in [0.05, 0.1) is 9.92 Å². The Hall–Kier alpha value is -3.23. The maximum Gasteiger partial charge on any atom is 0.255 e. The minimum Gasteiger partial charge on any atom is -0.489 e. The molecule has 0 radical (unpaired) electrons. The standard InChI is InChI=1S/C22H18ClNO6S/c1-31(26,27)21-10-15(5-7-18(21)23)22(25)24-16-4-2-3-14(9-16)12-28-17-6-8-19-20(11-17)30-13-29-19/h2-11H,12-13H2,1H3,(H,24,25). The van der Waals surface area contributed by atoms with E-state index in [1.54, 1.807) is 36.4 Å². The molecule has 1 heterocycles. The van der Waals surface area contributed by atoms with Crippen molar-refractivity contribution in [2.45, 2.75) is 11.5 Å². The van der Waals surface area contributed by atoms with Crippen molar-refractivity contribution in [3.05, 3.63) is 76.8 Å². The van der Waals surface area contributed by atoms with Gasteiger partial charge in [-0.3, -0.25) is 4.79 Å². The third-order valence-electron chi connectivity index (χ3n) is 4.53. The molecule has 3 aromatic rings. The molecule has 9 heteroatoms. The lowest BCUT2D eigenvalue weighted by atomic mass is 10.2. The summed E-state index contributed by atoms with van der Waals surface area (Å²) >= 11 is 5.94. The van der Waals surface area contributed by atoms with E-state index in [4.69, 9.17) is 25.8 Å². The fraction of sp³-hybridized carbons (Fsp3) is 0.136. The summed E-state index contributed by atoms with van der Waals surface area (Å²) in [6.07, 6.45) is 1.04. The predicted molar refractivity (Wildman–Crippen MR) is 116 cm³/mol. The summed E-state index contributed by atoms with van der Waals surface area (Å²) in [4.78, 5) is 12.5. The smallest absolute Gasteiger partial charge is 0.255 e. The zero-order valence-electron chi connectivity index (χ0n) is 16.4. The van der Waals surface area contributed by atoms with Crippen LogP contribution in [0.1, 0.15) is 15.9 Å². The van der Waals surface area contributed by atoms with Crippen molar-refractivity contribution in [2.24, 2.45) is 0 Å². The van der Waals surface area contributed by atoms with Crippen LogP contribution < -0.4 is 19.5 Å². The first-order valence-corrected chi connectivity index (χ1v) is 11.5. The number of benzene rings is 3. The first-order chi connectivity index (χ1) is 14.8. The van der Waals surface area contributed by atoms with Gasteiger partial charge in [0.25, 0.3) is 5.91 Å². The van der Waals surface area contributed by atoms with Gasteiger partial charge in [0, 0.05) is 23.6 Å². The van der Waals surface area contributed by atoms with Crippen molar-refractivity contribution in [3.63, 3.8) is 0 Å². The molecule has 3 aromatic carbocycles. The average Bonchev–Trinajstić information content (AvgIpc) is 3.20. The van der Waals surface area contributed by atoms with Gasteiger partial charge in [0.1, 0.15) is 12.4 Å². The predicted octanol–water partition coefficient (Wildman–Crippen LogP) is 4.30. The van der Waals surface area contributed by atoms with E-state index in [0.29, 0.717) is 22.9 Å². The van der Waals surface area contributed by atoms with E-state index >= 15 is 0 Å². The summed E-state index contributed by atoms with van der Waals surface area (Å²) in [5.74, 6) is 1.50. The molecule has 1 aliphatic rings. The Balaban J connectivity index is 1.44. The molecule has 1 N–H and O–H groups in total. The van der Waals surface area contributed by atoms with Crippen LogP contribution in [-0.4, -0.2) is 27.4 Å². The molecule has 0 unspecified atom stereocenters. The molecule has 31 heavy (non-hydrogen) atoms. The second-order valence-corrected chi connectivity index (χ2v) is 9.27. The number of anilines is 1. The van der Waals surface area contributed by atoms with Crippen molar-refractivity contribution >= 4 is 33.0 Å². The van der Waals surface area contributed by atoms with Gasteiger partial charge in [0.2, 0.25) is 6.79 Å². The highest BCUT2D eigenvalue weighted by molar-refractivity contribution is 7.90. The van der Waals surface area contributed by atoms with E-state index < -0.39 is 15.7 Å². The van der Waals surface area contributed by atoms with Crippen LogP contribution >= 0.6 is 11.6 Å². The monoisotopic (exact) mass is 459 g/mol. The van der Waals surface area contributed by atoms with Gasteiger partial charge >= 0.3 is 0 Å². The molecule has 1 amide bonds. The highest BCUT2D eigenvalue weighted by atomic mass is 35.5. The van der Waals surface area contributed by atoms with Gasteiger partial charge in [-0.15, -0.1) is 0 Å². The molecule has 160 valence electrons. The van der Waals surface area contributed by atoms with Crippen LogP contribution in [0.25, 0.3) is 0 Å². The van der Waals surface area contributed by atoms with Gasteiger partial charge in [-0.2, -0.15) is 0 Å². The molecular formula is C22H18ClNO6S. The molecule has 0 aromatic heterocycles. The normalized spacial score (nSPS) is 12.5. The lowest BCUT2D eigenvalue weighted by Crippen LogP contribution is -2.13. The van der Waals surface area contributed by atoms with Crippen LogP contribution in [0.3, 0.4) is 0 Å². The lowest BCUT2D eigenvalue weighted by Gasteiger charge is -2.10. The molecule has 0 aliphatic carbocycles. The van der Waals surface area contributed by atoms with E-state index in [0.717, 1.165) is 11.8 Å². The van der Waals surface area contributed by atoms with Crippen molar-refractivity contribution in [1.29, 1.82) is 0 Å². The fourth-order valence-electron chi connectivity index (χ4n) is 3.00. The average molecular weight is 460 g/mol. The number of amides is 1. The maximum atomic E-state index is 12.6. The van der Waals surface area contributed by atoms with E-state index in [2.05, 4.69) is 5.32 Å². The lowest BCUT2D eigenvalue weighted by molar-refractivity contribution is 0.102. The Labute approximate surface area is 184 Å². The highest BCUT2D eigenvalue weighted by Gasteiger charge is 2.16. The minimum absolute atomic E-state index is 0.0710. The highest BCUT2D eigenvalue weighted by Crippen LogP contribution is 2.35. The number of carbonyl (C=O) groups is 1. The number of ether oxygens (including phenoxy) is 3. The van der Waals surface area contributed by atoms with Crippen molar-refractivity contribution in [3.8, 4) is 17.2 Å². The number of rotatable bonds is 6. The summed E-state index contributed by atoms with van der Waals surface area (Å²) in [5, 5.41) is 2.83. The third kappa shape index (κ3) is 4.92. The molecule has 7 nitrogen and oxygen atoms in total. The Morgan fingerprint density at radius 2 is 1.87 bits per heavy atom. The summed E-state index contributed by atoms with van der Waals surface area (Å²) in [5.41, 5.74) is 1.57. The molecule has 0 atom stereocenters. The van der Waals surface area contributed by atoms with Crippen LogP contribution in [-0.2, 0) is 16.4 Å². The molecular weight excluding hydrogens is 442 g/mol. The number of fused-ring (bicyclic) bond motifs is 1. The number of carbonyl (C=O) groups excluding carboxylic acids is 1. The fourth-order valence-corrected chi connectivity index (χ4v) is 4.31. The number of sulfone groups is 1. The number of hydrogen-bond donors (Lipinski definition) is 1. The largest absolute Gasteiger partial charge is 0.489 e. The van der Waals surface area contributed by atoms with Crippen molar-refractivity contribution in [2.75, 3.05) is 18.4 Å². The van der Waals surface area contributed by atoms with Gasteiger partial charge in [-0.1, -0.05) is 23.7 Å². The first kappa shape index (κ1) is 21.0. The van der Waals surface area contributed by atoms with Crippen LogP contribution in [0.4, 0.5) is 5.69 Å². The molecule has 0 fully saturated rings. The Morgan fingerprint density at radius 3 is 2.68 bits per heavy atom. The number of hydrogen-bond acceptors (Lipinski definition) is 6. The molecule has 1 aliphatic heterocycles. The summed E-state index contributed by atoms with van der Waals surface area (Å²) in [6, 6.07) is 16.6. The van der Waals surface area contributed by atoms with Crippen molar-refractivity contribution in [1.82, 2.24) is 0 Å². The Morgan fingerprint density at radius 1 is 1.06 bits per heavy atom. The zero-order chi connectivity index (χ0) is 22.0.